The van der Waals surface area contributed by atoms with Crippen LogP contribution in [0, 0.1) is 6.92 Å². The van der Waals surface area contributed by atoms with Crippen LogP contribution in [0.4, 0.5) is 5.82 Å². The predicted octanol–water partition coefficient (Wildman–Crippen LogP) is 3.45. The Kier molecular flexibility index (Phi) is 6.05. The highest BCUT2D eigenvalue weighted by Gasteiger charge is 2.09. The van der Waals surface area contributed by atoms with E-state index in [0.29, 0.717) is 0 Å². The van der Waals surface area contributed by atoms with Crippen LogP contribution in [0.15, 0.2) is 17.3 Å². The van der Waals surface area contributed by atoms with E-state index in [2.05, 4.69) is 48.2 Å². The highest BCUT2D eigenvalue weighted by Crippen LogP contribution is 2.21. The van der Waals surface area contributed by atoms with Crippen LogP contribution in [-0.2, 0) is 6.42 Å². The smallest absolute Gasteiger partial charge is 0.189 e. The molecule has 0 atom stereocenters. The summed E-state index contributed by atoms with van der Waals surface area (Å²) in [5.41, 5.74) is 2.27. The Hall–Kier alpha value is -1.03. The number of nitrogens with one attached hydrogen (secondary N) is 1. The molecule has 0 spiro atoms. The molecule has 1 heterocycles. The largest absolute Gasteiger partial charge is 0.370 e. The second-order valence-corrected chi connectivity index (χ2v) is 4.51. The molecule has 17 heavy (non-hydrogen) atoms. The minimum atomic E-state index is 0.835. The quantitative estimate of drug-likeness (QED) is 0.477. The molecule has 1 rings (SSSR count). The van der Waals surface area contributed by atoms with Gasteiger partial charge in [-0.3, -0.25) is 0 Å². The van der Waals surface area contributed by atoms with Gasteiger partial charge in [0.05, 0.1) is 0 Å². The van der Waals surface area contributed by atoms with Gasteiger partial charge >= 0.3 is 0 Å². The Labute approximate surface area is 108 Å². The van der Waals surface area contributed by atoms with E-state index in [-0.39, 0.29) is 0 Å². The molecule has 0 bridgehead atoms. The first-order valence-corrected chi connectivity index (χ1v) is 7.25. The fraction of sp³-hybridized carbons (Fsp3) is 0.538. The molecule has 0 aliphatic rings. The Morgan fingerprint density at radius 3 is 2.59 bits per heavy atom. The number of thioether (sulfide) groups is 1. The zero-order valence-electron chi connectivity index (χ0n) is 11.1. The van der Waals surface area contributed by atoms with Crippen molar-refractivity contribution < 1.29 is 0 Å². The van der Waals surface area contributed by atoms with Crippen LogP contribution >= 0.6 is 11.8 Å². The zero-order valence-corrected chi connectivity index (χ0v) is 11.9. The lowest BCUT2D eigenvalue weighted by atomic mass is 10.1. The van der Waals surface area contributed by atoms with Gasteiger partial charge in [0.1, 0.15) is 5.82 Å². The van der Waals surface area contributed by atoms with E-state index >= 15 is 0 Å². The number of allylic oxidation sites excluding steroid dienone is 2. The van der Waals surface area contributed by atoms with Gasteiger partial charge in [-0.2, -0.15) is 0 Å². The second kappa shape index (κ2) is 7.33. The van der Waals surface area contributed by atoms with Crippen LogP contribution in [0.1, 0.15) is 31.5 Å². The minimum absolute atomic E-state index is 0.835. The monoisotopic (exact) mass is 251 g/mol. The van der Waals surface area contributed by atoms with E-state index in [0.717, 1.165) is 36.1 Å². The molecule has 0 fully saturated rings. The lowest BCUT2D eigenvalue weighted by molar-refractivity contribution is 0.899. The summed E-state index contributed by atoms with van der Waals surface area (Å²) in [4.78, 5) is 9.02. The molecule has 0 aromatic carbocycles. The summed E-state index contributed by atoms with van der Waals surface area (Å²) >= 11 is 1.58. The summed E-state index contributed by atoms with van der Waals surface area (Å²) in [5, 5.41) is 4.16. The van der Waals surface area contributed by atoms with E-state index in [1.165, 1.54) is 5.56 Å². The number of aryl methyl sites for hydroxylation is 1. The molecular formula is C13H21N3S. The van der Waals surface area contributed by atoms with Gasteiger partial charge in [0.2, 0.25) is 0 Å². The topological polar surface area (TPSA) is 37.8 Å². The molecule has 0 aliphatic heterocycles. The van der Waals surface area contributed by atoms with Crippen LogP contribution in [-0.4, -0.2) is 22.8 Å². The van der Waals surface area contributed by atoms with Gasteiger partial charge in [0.15, 0.2) is 5.16 Å². The molecule has 4 heteroatoms. The fourth-order valence-corrected chi connectivity index (χ4v) is 2.00. The minimum Gasteiger partial charge on any atom is -0.370 e. The molecule has 94 valence electrons. The van der Waals surface area contributed by atoms with Crippen LogP contribution < -0.4 is 5.32 Å². The third kappa shape index (κ3) is 4.04. The number of hydrogen-bond donors (Lipinski definition) is 1. The van der Waals surface area contributed by atoms with Crippen molar-refractivity contribution in [2.24, 2.45) is 0 Å². The number of hydrogen-bond acceptors (Lipinski definition) is 4. The summed E-state index contributed by atoms with van der Waals surface area (Å²) in [7, 11) is 0. The van der Waals surface area contributed by atoms with Gasteiger partial charge in [0, 0.05) is 17.8 Å². The van der Waals surface area contributed by atoms with Crippen molar-refractivity contribution in [3.8, 4) is 0 Å². The lowest BCUT2D eigenvalue weighted by Crippen LogP contribution is -2.07. The third-order valence-electron chi connectivity index (χ3n) is 2.44. The average Bonchev–Trinajstić information content (AvgIpc) is 2.32. The van der Waals surface area contributed by atoms with E-state index < -0.39 is 0 Å². The van der Waals surface area contributed by atoms with Gasteiger partial charge in [-0.05, 0) is 32.9 Å². The van der Waals surface area contributed by atoms with E-state index in [9.17, 15) is 0 Å². The van der Waals surface area contributed by atoms with Crippen molar-refractivity contribution in [2.75, 3.05) is 18.1 Å². The van der Waals surface area contributed by atoms with Gasteiger partial charge in [-0.25, -0.2) is 9.97 Å². The molecular weight excluding hydrogens is 230 g/mol. The average molecular weight is 251 g/mol. The Bertz CT molecular complexity index is 388. The summed E-state index contributed by atoms with van der Waals surface area (Å²) in [6, 6.07) is 0. The zero-order chi connectivity index (χ0) is 12.7. The van der Waals surface area contributed by atoms with E-state index in [1.807, 2.05) is 6.26 Å². The van der Waals surface area contributed by atoms with Gasteiger partial charge in [0.25, 0.3) is 0 Å². The van der Waals surface area contributed by atoms with Crippen LogP contribution in [0.3, 0.4) is 0 Å². The second-order valence-electron chi connectivity index (χ2n) is 3.74. The molecule has 1 aromatic heterocycles. The number of aromatic nitrogens is 2. The molecule has 0 amide bonds. The van der Waals surface area contributed by atoms with Crippen molar-refractivity contribution >= 4 is 17.6 Å². The first-order chi connectivity index (χ1) is 8.22. The molecule has 3 nitrogen and oxygen atoms in total. The standard InChI is InChI=1S/C13H21N3S/c1-5-7-8-9-11-10(3)15-13(17-4)16-12(11)14-6-2/h7-8H,5-6,9H2,1-4H3,(H,14,15,16)/b8-7+. The summed E-state index contributed by atoms with van der Waals surface area (Å²) in [6.07, 6.45) is 8.33. The molecule has 0 unspecified atom stereocenters. The van der Waals surface area contributed by atoms with Gasteiger partial charge < -0.3 is 5.32 Å². The maximum atomic E-state index is 4.53. The Morgan fingerprint density at radius 2 is 2.00 bits per heavy atom. The molecule has 0 radical (unpaired) electrons. The maximum absolute atomic E-state index is 4.53. The summed E-state index contributed by atoms with van der Waals surface area (Å²) < 4.78 is 0. The number of anilines is 1. The Morgan fingerprint density at radius 1 is 1.24 bits per heavy atom. The lowest BCUT2D eigenvalue weighted by Gasteiger charge is -2.12. The SMILES string of the molecule is CC/C=C/Cc1c(C)nc(SC)nc1NCC. The molecule has 0 aliphatic carbocycles. The number of rotatable bonds is 6. The third-order valence-corrected chi connectivity index (χ3v) is 2.99. The first kappa shape index (κ1) is 14.0. The highest BCUT2D eigenvalue weighted by molar-refractivity contribution is 7.98. The first-order valence-electron chi connectivity index (χ1n) is 6.03. The maximum Gasteiger partial charge on any atom is 0.189 e. The predicted molar refractivity (Wildman–Crippen MR) is 75.8 cm³/mol. The van der Waals surface area contributed by atoms with Crippen molar-refractivity contribution in [1.29, 1.82) is 0 Å². The molecule has 1 N–H and O–H groups in total. The van der Waals surface area contributed by atoms with Crippen LogP contribution in [0.2, 0.25) is 0 Å². The summed E-state index contributed by atoms with van der Waals surface area (Å²) in [6.45, 7) is 7.16. The van der Waals surface area contributed by atoms with E-state index in [1.54, 1.807) is 11.8 Å². The Balaban J connectivity index is 3.02. The highest BCUT2D eigenvalue weighted by atomic mass is 32.2. The van der Waals surface area contributed by atoms with Crippen molar-refractivity contribution in [2.45, 2.75) is 38.8 Å². The molecule has 0 saturated carbocycles. The van der Waals surface area contributed by atoms with Crippen molar-refractivity contribution in [3.63, 3.8) is 0 Å². The van der Waals surface area contributed by atoms with Gasteiger partial charge in [-0.1, -0.05) is 30.8 Å². The normalized spacial score (nSPS) is 11.1. The van der Waals surface area contributed by atoms with Crippen molar-refractivity contribution in [3.05, 3.63) is 23.4 Å². The number of nitrogens with zero attached hydrogens (tertiary/aromatic N) is 2. The van der Waals surface area contributed by atoms with Crippen molar-refractivity contribution in [1.82, 2.24) is 9.97 Å². The molecule has 0 saturated heterocycles. The summed E-state index contributed by atoms with van der Waals surface area (Å²) in [5.74, 6) is 0.977. The van der Waals surface area contributed by atoms with Gasteiger partial charge in [-0.15, -0.1) is 0 Å². The molecule has 1 aromatic rings. The van der Waals surface area contributed by atoms with E-state index in [4.69, 9.17) is 0 Å². The van der Waals surface area contributed by atoms with Crippen LogP contribution in [0.25, 0.3) is 0 Å². The fourth-order valence-electron chi connectivity index (χ4n) is 1.59. The van der Waals surface area contributed by atoms with Crippen LogP contribution in [0.5, 0.6) is 0 Å².